The van der Waals surface area contributed by atoms with Gasteiger partial charge in [-0.2, -0.15) is 0 Å². The van der Waals surface area contributed by atoms with Gasteiger partial charge in [-0.15, -0.1) is 0 Å². The highest BCUT2D eigenvalue weighted by Gasteiger charge is 2.15. The van der Waals surface area contributed by atoms with Gasteiger partial charge in [-0.3, -0.25) is 4.79 Å². The first-order valence-electron chi connectivity index (χ1n) is 16.4. The van der Waals surface area contributed by atoms with Crippen LogP contribution in [0.1, 0.15) is 71.3 Å². The lowest BCUT2D eigenvalue weighted by Gasteiger charge is -2.03. The molecule has 0 aliphatic rings. The van der Waals surface area contributed by atoms with E-state index >= 15 is 0 Å². The summed E-state index contributed by atoms with van der Waals surface area (Å²) in [6.45, 7) is 16.0. The van der Waals surface area contributed by atoms with Crippen LogP contribution < -0.4 is 0 Å². The van der Waals surface area contributed by atoms with Crippen LogP contribution in [0, 0.1) is 0 Å². The maximum absolute atomic E-state index is 12.0. The maximum atomic E-state index is 12.0. The molecule has 4 aromatic rings. The van der Waals surface area contributed by atoms with Gasteiger partial charge in [-0.05, 0) is 24.3 Å². The second-order valence-electron chi connectivity index (χ2n) is 7.82. The summed E-state index contributed by atoms with van der Waals surface area (Å²) >= 11 is 0. The molecule has 49 heavy (non-hydrogen) atoms. The summed E-state index contributed by atoms with van der Waals surface area (Å²) in [5.41, 5.74) is 1.47. The molecular formula is C41H68O7S. The van der Waals surface area contributed by atoms with Gasteiger partial charge in [0.1, 0.15) is 0 Å². The van der Waals surface area contributed by atoms with Crippen LogP contribution in [0.25, 0.3) is 0 Å². The van der Waals surface area contributed by atoms with Crippen LogP contribution in [0.15, 0.2) is 131 Å². The van der Waals surface area contributed by atoms with Crippen LogP contribution in [0.3, 0.4) is 0 Å². The van der Waals surface area contributed by atoms with Gasteiger partial charge in [-0.1, -0.05) is 152 Å². The van der Waals surface area contributed by atoms with Crippen molar-refractivity contribution in [3.05, 3.63) is 132 Å². The molecule has 280 valence electrons. The fraction of sp³-hybridized carbons (Fsp3) is 0.390. The second kappa shape index (κ2) is 48.7. The van der Waals surface area contributed by atoms with Crippen LogP contribution >= 0.6 is 0 Å². The minimum Gasteiger partial charge on any atom is -0.388 e. The van der Waals surface area contributed by atoms with Crippen molar-refractivity contribution in [3.8, 4) is 0 Å². The third kappa shape index (κ3) is 34.0. The number of benzene rings is 4. The van der Waals surface area contributed by atoms with Gasteiger partial charge in [0.25, 0.3) is 0 Å². The van der Waals surface area contributed by atoms with E-state index in [2.05, 4.69) is 18.9 Å². The van der Waals surface area contributed by atoms with Gasteiger partial charge in [0.15, 0.2) is 5.78 Å². The van der Waals surface area contributed by atoms with Crippen LogP contribution in [0.5, 0.6) is 0 Å². The molecule has 0 saturated carbocycles. The van der Waals surface area contributed by atoms with Crippen molar-refractivity contribution >= 4 is 15.6 Å². The number of carbonyl (C=O) groups excluding carboxylic acids is 1. The highest BCUT2D eigenvalue weighted by molar-refractivity contribution is 7.91. The summed E-state index contributed by atoms with van der Waals surface area (Å²) in [5, 5.41) is 0. The Morgan fingerprint density at radius 3 is 0.714 bits per heavy atom. The Kier molecular flexibility index (Phi) is 57.3. The lowest BCUT2D eigenvalue weighted by Crippen LogP contribution is -2.00. The summed E-state index contributed by atoms with van der Waals surface area (Å²) in [6.07, 6.45) is 0. The molecule has 4 rings (SSSR count). The summed E-state index contributed by atoms with van der Waals surface area (Å²) in [4.78, 5) is 12.5. The normalized spacial score (nSPS) is 8.16. The number of hydrogen-bond donors (Lipinski definition) is 0. The van der Waals surface area contributed by atoms with Gasteiger partial charge in [0.05, 0.1) is 9.79 Å². The number of ether oxygens (including phenoxy) is 4. The molecule has 0 aliphatic heterocycles. The van der Waals surface area contributed by atoms with E-state index in [0.29, 0.717) is 9.79 Å². The molecule has 0 atom stereocenters. The first-order valence-corrected chi connectivity index (χ1v) is 17.8. The topological polar surface area (TPSA) is 88.1 Å². The molecule has 0 N–H and O–H groups in total. The molecule has 4 aromatic carbocycles. The van der Waals surface area contributed by atoms with Crippen LogP contribution in [-0.4, -0.2) is 71.1 Å². The molecule has 0 bridgehead atoms. The smallest absolute Gasteiger partial charge is 0.206 e. The fourth-order valence-electron chi connectivity index (χ4n) is 2.68. The zero-order valence-electron chi connectivity index (χ0n) is 33.3. The predicted octanol–water partition coefficient (Wildman–Crippen LogP) is 10.6. The number of ketones is 1. The number of hydrogen-bond acceptors (Lipinski definition) is 7. The third-order valence-corrected chi connectivity index (χ3v) is 5.96. The average Bonchev–Trinajstić information content (AvgIpc) is 3.17. The van der Waals surface area contributed by atoms with E-state index in [0.717, 1.165) is 11.1 Å². The molecule has 0 saturated heterocycles. The zero-order chi connectivity index (χ0) is 39.4. The molecule has 8 heteroatoms. The molecule has 0 aromatic heterocycles. The van der Waals surface area contributed by atoms with E-state index in [4.69, 9.17) is 0 Å². The monoisotopic (exact) mass is 704 g/mol. The third-order valence-electron chi connectivity index (χ3n) is 4.18. The van der Waals surface area contributed by atoms with E-state index in [1.54, 1.807) is 118 Å². The van der Waals surface area contributed by atoms with E-state index < -0.39 is 9.84 Å². The molecular weight excluding hydrogens is 637 g/mol. The Bertz CT molecular complexity index is 1130. The fourth-order valence-corrected chi connectivity index (χ4v) is 3.98. The molecule has 0 radical (unpaired) electrons. The minimum absolute atomic E-state index is 0.0752. The molecule has 0 amide bonds. The number of rotatable bonds is 4. The van der Waals surface area contributed by atoms with Crippen molar-refractivity contribution in [3.63, 3.8) is 0 Å². The standard InChI is InChI=1S/C13H10O.C12H10O2S.4C2H6O.4C2H6/c14-13(11-7-3-1-4-8-11)12-9-5-2-6-10-12;13-15(14,11-7-3-1-4-8-11)12-9-5-2-6-10-12;4*1-3-2;4*1-2/h1-10H;1-10H;4*1-2H3;4*1-2H3. The van der Waals surface area contributed by atoms with Gasteiger partial charge >= 0.3 is 0 Å². The van der Waals surface area contributed by atoms with E-state index in [-0.39, 0.29) is 5.78 Å². The SMILES string of the molecule is CC.CC.CC.CC.COC.COC.COC.COC.O=C(c1ccccc1)c1ccccc1.O=S(=O)(c1ccccc1)c1ccccc1. The lowest BCUT2D eigenvalue weighted by molar-refractivity contribution is 0.103. The second-order valence-corrected chi connectivity index (χ2v) is 9.77. The Balaban J connectivity index is -0.000000125. The average molecular weight is 705 g/mol. The summed E-state index contributed by atoms with van der Waals surface area (Å²) in [6, 6.07) is 35.5. The number of carbonyl (C=O) groups is 1. The Morgan fingerprint density at radius 1 is 0.367 bits per heavy atom. The number of methoxy groups -OCH3 is 4. The first kappa shape index (κ1) is 57.6. The van der Waals surface area contributed by atoms with Gasteiger partial charge in [-0.25, -0.2) is 8.42 Å². The van der Waals surface area contributed by atoms with E-state index in [1.165, 1.54) is 0 Å². The molecule has 0 fully saturated rings. The highest BCUT2D eigenvalue weighted by Crippen LogP contribution is 2.19. The largest absolute Gasteiger partial charge is 0.388 e. The van der Waals surface area contributed by atoms with Gasteiger partial charge < -0.3 is 18.9 Å². The lowest BCUT2D eigenvalue weighted by atomic mass is 10.0. The Morgan fingerprint density at radius 2 is 0.531 bits per heavy atom. The molecule has 0 unspecified atom stereocenters. The summed E-state index contributed by atoms with van der Waals surface area (Å²) in [5.74, 6) is 0.0752. The Hall–Kier alpha value is -3.66. The summed E-state index contributed by atoms with van der Waals surface area (Å²) in [7, 11) is 9.66. The van der Waals surface area contributed by atoms with Crippen molar-refractivity contribution in [1.82, 2.24) is 0 Å². The van der Waals surface area contributed by atoms with Crippen molar-refractivity contribution in [2.45, 2.75) is 65.2 Å². The quantitative estimate of drug-likeness (QED) is 0.195. The molecule has 0 heterocycles. The highest BCUT2D eigenvalue weighted by atomic mass is 32.2. The summed E-state index contributed by atoms with van der Waals surface area (Å²) < 4.78 is 41.1. The van der Waals surface area contributed by atoms with E-state index in [9.17, 15) is 13.2 Å². The number of sulfone groups is 1. The van der Waals surface area contributed by atoms with Gasteiger partial charge in [0.2, 0.25) is 9.84 Å². The van der Waals surface area contributed by atoms with Crippen molar-refractivity contribution in [1.29, 1.82) is 0 Å². The van der Waals surface area contributed by atoms with Crippen molar-refractivity contribution < 1.29 is 32.2 Å². The zero-order valence-corrected chi connectivity index (χ0v) is 34.1. The van der Waals surface area contributed by atoms with Crippen LogP contribution in [0.2, 0.25) is 0 Å². The van der Waals surface area contributed by atoms with Crippen LogP contribution in [0.4, 0.5) is 0 Å². The Labute approximate surface area is 301 Å². The first-order chi connectivity index (χ1) is 23.7. The predicted molar refractivity (Wildman–Crippen MR) is 212 cm³/mol. The minimum atomic E-state index is -3.34. The molecule has 7 nitrogen and oxygen atoms in total. The van der Waals surface area contributed by atoms with Crippen LogP contribution in [-0.2, 0) is 28.8 Å². The molecule has 0 spiro atoms. The maximum Gasteiger partial charge on any atom is 0.206 e. The molecule has 0 aliphatic carbocycles. The van der Waals surface area contributed by atoms with E-state index in [1.807, 2.05) is 116 Å². The van der Waals surface area contributed by atoms with Crippen molar-refractivity contribution in [2.75, 3.05) is 56.9 Å². The van der Waals surface area contributed by atoms with Crippen molar-refractivity contribution in [2.24, 2.45) is 0 Å². The van der Waals surface area contributed by atoms with Gasteiger partial charge in [0, 0.05) is 68.0 Å².